The molecule has 0 unspecified atom stereocenters. The van der Waals surface area contributed by atoms with Crippen LogP contribution >= 0.6 is 36.4 Å². The topological polar surface area (TPSA) is 0 Å². The standard InChI is InChI=1S/C16H15ClS2/c1-16(2,11-7-9-12(17)10-8-11)14-6-4-3-5-13(14)15(18)19/h3-10H,1-2H3,(H,18,19). The van der Waals surface area contributed by atoms with Gasteiger partial charge in [-0.25, -0.2) is 0 Å². The van der Waals surface area contributed by atoms with Crippen molar-refractivity contribution in [2.45, 2.75) is 19.3 Å². The van der Waals surface area contributed by atoms with Crippen LogP contribution in [0.3, 0.4) is 0 Å². The van der Waals surface area contributed by atoms with Gasteiger partial charge in [0.2, 0.25) is 0 Å². The van der Waals surface area contributed by atoms with Crippen molar-refractivity contribution < 1.29 is 0 Å². The molecule has 19 heavy (non-hydrogen) atoms. The van der Waals surface area contributed by atoms with Crippen LogP contribution in [0.15, 0.2) is 48.5 Å². The summed E-state index contributed by atoms with van der Waals surface area (Å²) in [6.07, 6.45) is 0. The van der Waals surface area contributed by atoms with Crippen LogP contribution in [0.1, 0.15) is 30.5 Å². The van der Waals surface area contributed by atoms with E-state index in [0.717, 1.165) is 10.6 Å². The zero-order valence-corrected chi connectivity index (χ0v) is 13.3. The summed E-state index contributed by atoms with van der Waals surface area (Å²) < 4.78 is 0.623. The summed E-state index contributed by atoms with van der Waals surface area (Å²) in [4.78, 5) is 0. The van der Waals surface area contributed by atoms with Crippen molar-refractivity contribution in [3.8, 4) is 0 Å². The molecule has 0 N–H and O–H groups in total. The van der Waals surface area contributed by atoms with E-state index < -0.39 is 0 Å². The van der Waals surface area contributed by atoms with Crippen LogP contribution in [0.5, 0.6) is 0 Å². The zero-order valence-electron chi connectivity index (χ0n) is 10.9. The van der Waals surface area contributed by atoms with Gasteiger partial charge in [0.25, 0.3) is 0 Å². The molecule has 0 bridgehead atoms. The van der Waals surface area contributed by atoms with Crippen LogP contribution in [0.4, 0.5) is 0 Å². The fraction of sp³-hybridized carbons (Fsp3) is 0.188. The smallest absolute Gasteiger partial charge is 0.0750 e. The molecule has 98 valence electrons. The number of thiocarbonyl (C=S) groups is 1. The zero-order chi connectivity index (χ0) is 14.0. The predicted molar refractivity (Wildman–Crippen MR) is 90.7 cm³/mol. The highest BCUT2D eigenvalue weighted by molar-refractivity contribution is 8.11. The second kappa shape index (κ2) is 5.66. The van der Waals surface area contributed by atoms with E-state index in [4.69, 9.17) is 23.8 Å². The molecule has 2 aromatic carbocycles. The summed E-state index contributed by atoms with van der Waals surface area (Å²) in [5.41, 5.74) is 3.25. The third-order valence-electron chi connectivity index (χ3n) is 3.40. The first-order valence-corrected chi connectivity index (χ1v) is 7.25. The highest BCUT2D eigenvalue weighted by Crippen LogP contribution is 2.34. The quantitative estimate of drug-likeness (QED) is 0.595. The fourth-order valence-electron chi connectivity index (χ4n) is 2.24. The molecule has 2 aromatic rings. The van der Waals surface area contributed by atoms with Crippen molar-refractivity contribution in [3.05, 3.63) is 70.2 Å². The number of thiol groups is 1. The van der Waals surface area contributed by atoms with Gasteiger partial charge in [-0.15, -0.1) is 12.6 Å². The van der Waals surface area contributed by atoms with Crippen molar-refractivity contribution in [3.63, 3.8) is 0 Å². The Labute approximate surface area is 130 Å². The molecule has 2 rings (SSSR count). The molecule has 0 heterocycles. The van der Waals surface area contributed by atoms with E-state index in [9.17, 15) is 0 Å². The number of hydrogen-bond donors (Lipinski definition) is 1. The number of rotatable bonds is 3. The molecular formula is C16H15ClS2. The van der Waals surface area contributed by atoms with Crippen LogP contribution in [0.25, 0.3) is 0 Å². The lowest BCUT2D eigenvalue weighted by Gasteiger charge is -2.28. The van der Waals surface area contributed by atoms with Gasteiger partial charge in [-0.05, 0) is 23.3 Å². The Hall–Kier alpha value is -0.830. The molecule has 0 amide bonds. The summed E-state index contributed by atoms with van der Waals surface area (Å²) in [5, 5.41) is 0.748. The third kappa shape index (κ3) is 3.02. The van der Waals surface area contributed by atoms with E-state index in [-0.39, 0.29) is 5.41 Å². The molecule has 0 atom stereocenters. The average molecular weight is 307 g/mol. The molecule has 0 aliphatic rings. The summed E-state index contributed by atoms with van der Waals surface area (Å²) in [5.74, 6) is 0. The van der Waals surface area contributed by atoms with Gasteiger partial charge in [0.1, 0.15) is 0 Å². The lowest BCUT2D eigenvalue weighted by molar-refractivity contribution is 0.640. The fourth-order valence-corrected chi connectivity index (χ4v) is 2.74. The van der Waals surface area contributed by atoms with E-state index in [1.807, 2.05) is 30.3 Å². The molecule has 0 aliphatic carbocycles. The maximum Gasteiger partial charge on any atom is 0.0750 e. The Morgan fingerprint density at radius 1 is 1.05 bits per heavy atom. The molecule has 0 aromatic heterocycles. The minimum Gasteiger partial charge on any atom is -0.131 e. The van der Waals surface area contributed by atoms with Crippen molar-refractivity contribution in [1.29, 1.82) is 0 Å². The number of benzene rings is 2. The number of hydrogen-bond acceptors (Lipinski definition) is 1. The van der Waals surface area contributed by atoms with Gasteiger partial charge < -0.3 is 0 Å². The summed E-state index contributed by atoms with van der Waals surface area (Å²) in [6.45, 7) is 4.36. The van der Waals surface area contributed by atoms with Gasteiger partial charge in [0.05, 0.1) is 4.20 Å². The minimum absolute atomic E-state index is 0.145. The average Bonchev–Trinajstić information content (AvgIpc) is 2.39. The normalized spacial score (nSPS) is 11.4. The molecule has 0 fully saturated rings. The van der Waals surface area contributed by atoms with Gasteiger partial charge in [0.15, 0.2) is 0 Å². The van der Waals surface area contributed by atoms with Crippen molar-refractivity contribution >= 4 is 40.6 Å². The van der Waals surface area contributed by atoms with Crippen molar-refractivity contribution in [2.24, 2.45) is 0 Å². The molecule has 0 saturated heterocycles. The monoisotopic (exact) mass is 306 g/mol. The van der Waals surface area contributed by atoms with E-state index in [1.54, 1.807) is 0 Å². The Kier molecular flexibility index (Phi) is 4.34. The predicted octanol–water partition coefficient (Wildman–Crippen LogP) is 5.27. The molecular weight excluding hydrogens is 292 g/mol. The van der Waals surface area contributed by atoms with Crippen LogP contribution < -0.4 is 0 Å². The SMILES string of the molecule is CC(C)(c1ccc(Cl)cc1)c1ccccc1C(=S)S. The highest BCUT2D eigenvalue weighted by atomic mass is 35.5. The number of halogens is 1. The largest absolute Gasteiger partial charge is 0.131 e. The van der Waals surface area contributed by atoms with E-state index >= 15 is 0 Å². The van der Waals surface area contributed by atoms with Crippen molar-refractivity contribution in [1.82, 2.24) is 0 Å². The van der Waals surface area contributed by atoms with E-state index in [0.29, 0.717) is 4.20 Å². The summed E-state index contributed by atoms with van der Waals surface area (Å²) >= 11 is 15.5. The first-order chi connectivity index (χ1) is 8.93. The summed E-state index contributed by atoms with van der Waals surface area (Å²) in [6, 6.07) is 16.1. The molecule has 0 aliphatic heterocycles. The lowest BCUT2D eigenvalue weighted by atomic mass is 9.76. The van der Waals surface area contributed by atoms with Crippen molar-refractivity contribution in [2.75, 3.05) is 0 Å². The molecule has 0 radical (unpaired) electrons. The lowest BCUT2D eigenvalue weighted by Crippen LogP contribution is -2.21. The third-order valence-corrected chi connectivity index (χ3v) is 4.11. The highest BCUT2D eigenvalue weighted by Gasteiger charge is 2.26. The Bertz CT molecular complexity index is 600. The molecule has 0 nitrogen and oxygen atoms in total. The Morgan fingerprint density at radius 3 is 2.21 bits per heavy atom. The maximum absolute atomic E-state index is 5.96. The van der Waals surface area contributed by atoms with Gasteiger partial charge >= 0.3 is 0 Å². The van der Waals surface area contributed by atoms with Gasteiger partial charge in [0, 0.05) is 16.0 Å². The maximum atomic E-state index is 5.96. The molecule has 0 saturated carbocycles. The summed E-state index contributed by atoms with van der Waals surface area (Å²) in [7, 11) is 0. The first-order valence-electron chi connectivity index (χ1n) is 6.02. The van der Waals surface area contributed by atoms with E-state index in [1.165, 1.54) is 11.1 Å². The molecule has 0 spiro atoms. The second-order valence-corrected chi connectivity index (χ2v) is 6.58. The Balaban J connectivity index is 2.56. The molecule has 3 heteroatoms. The van der Waals surface area contributed by atoms with Gasteiger partial charge in [-0.2, -0.15) is 0 Å². The van der Waals surface area contributed by atoms with Gasteiger partial charge in [-0.3, -0.25) is 0 Å². The Morgan fingerprint density at radius 2 is 1.63 bits per heavy atom. The van der Waals surface area contributed by atoms with Crippen LogP contribution in [0.2, 0.25) is 5.02 Å². The van der Waals surface area contributed by atoms with Crippen LogP contribution in [-0.4, -0.2) is 4.20 Å². The van der Waals surface area contributed by atoms with E-state index in [2.05, 4.69) is 44.7 Å². The first kappa shape index (κ1) is 14.6. The second-order valence-electron chi connectivity index (χ2n) is 4.98. The van der Waals surface area contributed by atoms with Crippen LogP contribution in [0, 0.1) is 0 Å². The van der Waals surface area contributed by atoms with Gasteiger partial charge in [-0.1, -0.05) is 74.1 Å². The van der Waals surface area contributed by atoms with Crippen LogP contribution in [-0.2, 0) is 5.41 Å². The minimum atomic E-state index is -0.145.